The molecule has 0 aliphatic carbocycles. The van der Waals surface area contributed by atoms with Crippen molar-refractivity contribution < 1.29 is 9.18 Å². The van der Waals surface area contributed by atoms with Gasteiger partial charge in [-0.15, -0.1) is 0 Å². The van der Waals surface area contributed by atoms with Gasteiger partial charge in [0.15, 0.2) is 5.17 Å². The molecule has 0 spiro atoms. The number of hydrogen-bond donors (Lipinski definition) is 3. The summed E-state index contributed by atoms with van der Waals surface area (Å²) in [6.07, 6.45) is 2.48. The number of amidine groups is 1. The van der Waals surface area contributed by atoms with Gasteiger partial charge in [0.05, 0.1) is 17.4 Å². The molecule has 3 aromatic rings. The van der Waals surface area contributed by atoms with Crippen LogP contribution in [-0.4, -0.2) is 21.8 Å². The van der Waals surface area contributed by atoms with Gasteiger partial charge in [-0.05, 0) is 60.9 Å². The van der Waals surface area contributed by atoms with E-state index in [1.165, 1.54) is 12.1 Å². The summed E-state index contributed by atoms with van der Waals surface area (Å²) in [5, 5.41) is 6.70. The third-order valence-corrected chi connectivity index (χ3v) is 6.14. The number of amides is 1. The van der Waals surface area contributed by atoms with Gasteiger partial charge in [-0.2, -0.15) is 0 Å². The zero-order valence-electron chi connectivity index (χ0n) is 17.6. The van der Waals surface area contributed by atoms with Gasteiger partial charge in [0.25, 0.3) is 5.91 Å². The number of pyridine rings is 1. The highest BCUT2D eigenvalue weighted by Gasteiger charge is 2.29. The molecule has 4 rings (SSSR count). The molecular weight excluding hydrogens is 425 g/mol. The standard InChI is InChI=1S/C24H24FN5OS/c1-24(11-12-32-23(26)30-24)17-3-2-4-19(13-17)29-22(31)21-10-9-20(15-28-21)27-14-16-5-7-18(25)8-6-16/h2-10,13,15,27H,11-12,14H2,1H3,(H2,26,30)(H,29,31). The number of aromatic nitrogens is 1. The summed E-state index contributed by atoms with van der Waals surface area (Å²) in [7, 11) is 0. The van der Waals surface area contributed by atoms with Crippen LogP contribution in [-0.2, 0) is 12.1 Å². The van der Waals surface area contributed by atoms with Crippen molar-refractivity contribution in [2.75, 3.05) is 16.4 Å². The number of nitrogens with one attached hydrogen (secondary N) is 2. The molecule has 0 fully saturated rings. The van der Waals surface area contributed by atoms with Gasteiger partial charge in [-0.3, -0.25) is 9.79 Å². The SMILES string of the molecule is CC1(c2cccc(NC(=O)c3ccc(NCc4ccc(F)cc4)cn3)c2)CCSC(N)=N1. The maximum absolute atomic E-state index is 13.0. The lowest BCUT2D eigenvalue weighted by Gasteiger charge is -2.30. The van der Waals surface area contributed by atoms with Crippen molar-refractivity contribution in [3.63, 3.8) is 0 Å². The third kappa shape index (κ3) is 5.26. The Morgan fingerprint density at radius 2 is 1.97 bits per heavy atom. The zero-order valence-corrected chi connectivity index (χ0v) is 18.5. The predicted molar refractivity (Wildman–Crippen MR) is 128 cm³/mol. The van der Waals surface area contributed by atoms with Gasteiger partial charge >= 0.3 is 0 Å². The molecule has 4 N–H and O–H groups in total. The number of carbonyl (C=O) groups excluding carboxylic acids is 1. The molecule has 164 valence electrons. The van der Waals surface area contributed by atoms with Crippen LogP contribution in [0.4, 0.5) is 15.8 Å². The first-order chi connectivity index (χ1) is 15.4. The number of carbonyl (C=O) groups is 1. The number of benzene rings is 2. The lowest BCUT2D eigenvalue weighted by Crippen LogP contribution is -2.28. The minimum Gasteiger partial charge on any atom is -0.380 e. The van der Waals surface area contributed by atoms with Crippen molar-refractivity contribution in [2.24, 2.45) is 10.7 Å². The number of rotatable bonds is 6. The van der Waals surface area contributed by atoms with E-state index in [0.717, 1.165) is 29.0 Å². The van der Waals surface area contributed by atoms with Crippen molar-refractivity contribution in [1.82, 2.24) is 4.98 Å². The van der Waals surface area contributed by atoms with E-state index in [0.29, 0.717) is 23.1 Å². The molecule has 6 nitrogen and oxygen atoms in total. The summed E-state index contributed by atoms with van der Waals surface area (Å²) < 4.78 is 13.0. The first-order valence-corrected chi connectivity index (χ1v) is 11.2. The number of hydrogen-bond acceptors (Lipinski definition) is 6. The summed E-state index contributed by atoms with van der Waals surface area (Å²) in [5.41, 5.74) is 9.25. The first kappa shape index (κ1) is 21.8. The molecule has 1 atom stereocenters. The van der Waals surface area contributed by atoms with E-state index in [-0.39, 0.29) is 11.7 Å². The lowest BCUT2D eigenvalue weighted by atomic mass is 9.89. The molecule has 2 aromatic carbocycles. The molecule has 0 radical (unpaired) electrons. The van der Waals surface area contributed by atoms with Gasteiger partial charge in [-0.25, -0.2) is 9.37 Å². The fourth-order valence-electron chi connectivity index (χ4n) is 3.46. The fraction of sp³-hybridized carbons (Fsp3) is 0.208. The predicted octanol–water partition coefficient (Wildman–Crippen LogP) is 4.75. The molecule has 0 saturated heterocycles. The van der Waals surface area contributed by atoms with Gasteiger partial charge in [0.1, 0.15) is 11.5 Å². The molecule has 8 heteroatoms. The van der Waals surface area contributed by atoms with Crippen LogP contribution in [0.3, 0.4) is 0 Å². The number of nitrogens with zero attached hydrogens (tertiary/aromatic N) is 2. The largest absolute Gasteiger partial charge is 0.380 e. The molecule has 0 bridgehead atoms. The van der Waals surface area contributed by atoms with Crippen molar-refractivity contribution in [2.45, 2.75) is 25.4 Å². The Morgan fingerprint density at radius 3 is 2.69 bits per heavy atom. The van der Waals surface area contributed by atoms with E-state index in [2.05, 4.69) is 27.5 Å². The van der Waals surface area contributed by atoms with E-state index in [9.17, 15) is 9.18 Å². The molecule has 32 heavy (non-hydrogen) atoms. The number of anilines is 2. The lowest BCUT2D eigenvalue weighted by molar-refractivity contribution is 0.102. The van der Waals surface area contributed by atoms with Crippen LogP contribution in [0.1, 0.15) is 35.0 Å². The van der Waals surface area contributed by atoms with Crippen molar-refractivity contribution in [1.29, 1.82) is 0 Å². The van der Waals surface area contributed by atoms with E-state index >= 15 is 0 Å². The summed E-state index contributed by atoms with van der Waals surface area (Å²) in [6, 6.07) is 17.4. The molecule has 1 amide bonds. The first-order valence-electron chi connectivity index (χ1n) is 10.3. The Kier molecular flexibility index (Phi) is 6.41. The second kappa shape index (κ2) is 9.40. The van der Waals surface area contributed by atoms with Crippen molar-refractivity contribution in [3.8, 4) is 0 Å². The maximum atomic E-state index is 13.0. The second-order valence-electron chi connectivity index (χ2n) is 7.77. The Labute approximate surface area is 190 Å². The number of thioether (sulfide) groups is 1. The smallest absolute Gasteiger partial charge is 0.274 e. The number of nitrogens with two attached hydrogens (primary N) is 1. The van der Waals surface area contributed by atoms with Gasteiger partial charge < -0.3 is 16.4 Å². The van der Waals surface area contributed by atoms with Crippen LogP contribution >= 0.6 is 11.8 Å². The summed E-state index contributed by atoms with van der Waals surface area (Å²) in [5.74, 6) is 0.355. The van der Waals surface area contributed by atoms with Gasteiger partial charge in [0.2, 0.25) is 0 Å². The molecule has 2 heterocycles. The summed E-state index contributed by atoms with van der Waals surface area (Å²) >= 11 is 1.56. The van der Waals surface area contributed by atoms with E-state index in [1.54, 1.807) is 42.2 Å². The Balaban J connectivity index is 1.40. The zero-order chi connectivity index (χ0) is 22.6. The molecule has 0 saturated carbocycles. The van der Waals surface area contributed by atoms with Gasteiger partial charge in [-0.1, -0.05) is 36.0 Å². The van der Waals surface area contributed by atoms with Crippen LogP contribution < -0.4 is 16.4 Å². The summed E-state index contributed by atoms with van der Waals surface area (Å²) in [6.45, 7) is 2.59. The maximum Gasteiger partial charge on any atom is 0.274 e. The highest BCUT2D eigenvalue weighted by molar-refractivity contribution is 8.13. The van der Waals surface area contributed by atoms with Crippen LogP contribution in [0.5, 0.6) is 0 Å². The Hall–Kier alpha value is -3.39. The van der Waals surface area contributed by atoms with Crippen molar-refractivity contribution >= 4 is 34.2 Å². The summed E-state index contributed by atoms with van der Waals surface area (Å²) in [4.78, 5) is 21.6. The molecule has 1 unspecified atom stereocenters. The van der Waals surface area contributed by atoms with Crippen LogP contribution in [0.15, 0.2) is 71.9 Å². The molecular formula is C24H24FN5OS. The number of aliphatic imine (C=N–C) groups is 1. The molecule has 1 aromatic heterocycles. The van der Waals surface area contributed by atoms with Gasteiger partial charge in [0, 0.05) is 18.0 Å². The third-order valence-electron chi connectivity index (χ3n) is 5.34. The quantitative estimate of drug-likeness (QED) is 0.505. The van der Waals surface area contributed by atoms with Crippen molar-refractivity contribution in [3.05, 3.63) is 89.5 Å². The molecule has 1 aliphatic heterocycles. The fourth-order valence-corrected chi connectivity index (χ4v) is 4.44. The van der Waals surface area contributed by atoms with E-state index in [1.807, 2.05) is 24.3 Å². The highest BCUT2D eigenvalue weighted by atomic mass is 32.2. The number of halogens is 1. The normalized spacial score (nSPS) is 18.0. The van der Waals surface area contributed by atoms with Crippen LogP contribution in [0.25, 0.3) is 0 Å². The minimum atomic E-state index is -0.397. The monoisotopic (exact) mass is 449 g/mol. The topological polar surface area (TPSA) is 92.4 Å². The second-order valence-corrected chi connectivity index (χ2v) is 8.88. The van der Waals surface area contributed by atoms with E-state index in [4.69, 9.17) is 5.73 Å². The average Bonchev–Trinajstić information content (AvgIpc) is 2.79. The highest BCUT2D eigenvalue weighted by Crippen LogP contribution is 2.35. The minimum absolute atomic E-state index is 0.264. The molecule has 1 aliphatic rings. The Bertz CT molecular complexity index is 1130. The van der Waals surface area contributed by atoms with Crippen LogP contribution in [0.2, 0.25) is 0 Å². The van der Waals surface area contributed by atoms with Crippen LogP contribution in [0, 0.1) is 5.82 Å². The average molecular weight is 450 g/mol. The van der Waals surface area contributed by atoms with E-state index < -0.39 is 5.54 Å². The Morgan fingerprint density at radius 1 is 1.16 bits per heavy atom.